The van der Waals surface area contributed by atoms with Gasteiger partial charge in [0.2, 0.25) is 0 Å². The molecule has 0 aliphatic rings. The number of aromatic nitrogens is 3. The van der Waals surface area contributed by atoms with E-state index in [1.807, 2.05) is 25.1 Å². The van der Waals surface area contributed by atoms with Crippen molar-refractivity contribution in [1.82, 2.24) is 14.5 Å². The molecular formula is C34H35Cl2N3O3Si. The molecule has 5 aromatic rings. The summed E-state index contributed by atoms with van der Waals surface area (Å²) in [5.74, 6) is 0.0400. The molecule has 0 saturated carbocycles. The molecule has 0 aliphatic heterocycles. The van der Waals surface area contributed by atoms with Crippen LogP contribution in [0.1, 0.15) is 57.2 Å². The average Bonchev–Trinajstić information content (AvgIpc) is 2.95. The Hall–Kier alpha value is -3.49. The second-order valence-corrected chi connectivity index (χ2v) is 17.3. The number of nitrogens with zero attached hydrogens (tertiary/aromatic N) is 2. The third-order valence-corrected chi connectivity index (χ3v) is 13.6. The van der Waals surface area contributed by atoms with Crippen LogP contribution in [0.15, 0.2) is 88.5 Å². The van der Waals surface area contributed by atoms with Gasteiger partial charge in [-0.3, -0.25) is 9.78 Å². The maximum atomic E-state index is 13.3. The van der Waals surface area contributed by atoms with Crippen LogP contribution in [0.4, 0.5) is 0 Å². The number of nitrogens with one attached hydrogen (secondary N) is 1. The van der Waals surface area contributed by atoms with Gasteiger partial charge in [0.1, 0.15) is 5.15 Å². The molecule has 0 aliphatic carbocycles. The van der Waals surface area contributed by atoms with Crippen molar-refractivity contribution in [3.05, 3.63) is 127 Å². The molecule has 0 spiro atoms. The second kappa shape index (κ2) is 11.9. The van der Waals surface area contributed by atoms with Crippen LogP contribution in [0.5, 0.6) is 0 Å². The van der Waals surface area contributed by atoms with Crippen LogP contribution in [-0.4, -0.2) is 22.9 Å². The quantitative estimate of drug-likeness (QED) is 0.157. The Bertz CT molecular complexity index is 1870. The molecule has 0 unspecified atom stereocenters. The van der Waals surface area contributed by atoms with Crippen molar-refractivity contribution in [3.8, 4) is 5.69 Å². The summed E-state index contributed by atoms with van der Waals surface area (Å²) in [6, 6.07) is 26.6. The molecule has 0 atom stereocenters. The Labute approximate surface area is 262 Å². The summed E-state index contributed by atoms with van der Waals surface area (Å²) >= 11 is 12.4. The maximum absolute atomic E-state index is 13.3. The average molecular weight is 633 g/mol. The van der Waals surface area contributed by atoms with Gasteiger partial charge in [-0.05, 0) is 51.0 Å². The molecule has 0 bridgehead atoms. The molecule has 0 fully saturated rings. The van der Waals surface area contributed by atoms with E-state index in [2.05, 4.69) is 99.2 Å². The normalized spacial score (nSPS) is 12.3. The predicted octanol–water partition coefficient (Wildman–Crippen LogP) is 6.89. The summed E-state index contributed by atoms with van der Waals surface area (Å²) in [5, 5.41) is 2.59. The highest BCUT2D eigenvalue weighted by atomic mass is 35.5. The fourth-order valence-electron chi connectivity index (χ4n) is 5.98. The summed E-state index contributed by atoms with van der Waals surface area (Å²) in [5.41, 5.74) is 2.41. The van der Waals surface area contributed by atoms with Crippen LogP contribution in [-0.2, 0) is 11.0 Å². The number of pyridine rings is 1. The number of hydrogen-bond donors (Lipinski definition) is 1. The highest BCUT2D eigenvalue weighted by molar-refractivity contribution is 6.99. The molecule has 0 amide bonds. The van der Waals surface area contributed by atoms with Crippen LogP contribution >= 0.6 is 23.2 Å². The van der Waals surface area contributed by atoms with Crippen molar-refractivity contribution in [3.63, 3.8) is 0 Å². The summed E-state index contributed by atoms with van der Waals surface area (Å²) in [7, 11) is -2.77. The highest BCUT2D eigenvalue weighted by Crippen LogP contribution is 2.38. The first-order valence-corrected chi connectivity index (χ1v) is 16.9. The maximum Gasteiger partial charge on any atom is 0.334 e. The molecule has 0 saturated heterocycles. The zero-order valence-electron chi connectivity index (χ0n) is 25.2. The fourth-order valence-corrected chi connectivity index (χ4v) is 10.8. The minimum atomic E-state index is -2.77. The predicted molar refractivity (Wildman–Crippen MR) is 179 cm³/mol. The van der Waals surface area contributed by atoms with Crippen molar-refractivity contribution >= 4 is 52.9 Å². The summed E-state index contributed by atoms with van der Waals surface area (Å²) in [6.07, 6.45) is 0. The van der Waals surface area contributed by atoms with Crippen LogP contribution in [0.25, 0.3) is 16.7 Å². The van der Waals surface area contributed by atoms with Crippen LogP contribution in [0.3, 0.4) is 0 Å². The van der Waals surface area contributed by atoms with E-state index in [9.17, 15) is 9.59 Å². The van der Waals surface area contributed by atoms with Crippen LogP contribution < -0.4 is 21.6 Å². The minimum absolute atomic E-state index is 0.0204. The molecule has 3 aromatic carbocycles. The lowest BCUT2D eigenvalue weighted by Crippen LogP contribution is -2.66. The topological polar surface area (TPSA) is 77.0 Å². The fraction of sp³-hybridized carbons (Fsp3) is 0.265. The molecule has 2 aromatic heterocycles. The summed E-state index contributed by atoms with van der Waals surface area (Å²) < 4.78 is 8.63. The molecule has 9 heteroatoms. The Morgan fingerprint density at radius 3 is 2.05 bits per heavy atom. The first-order chi connectivity index (χ1) is 20.3. The first-order valence-electron chi connectivity index (χ1n) is 14.2. The van der Waals surface area contributed by atoms with Gasteiger partial charge >= 0.3 is 5.69 Å². The van der Waals surface area contributed by atoms with Gasteiger partial charge in [0.25, 0.3) is 13.9 Å². The van der Waals surface area contributed by atoms with Gasteiger partial charge in [0.05, 0.1) is 22.7 Å². The van der Waals surface area contributed by atoms with Crippen LogP contribution in [0.2, 0.25) is 15.2 Å². The molecule has 6 nitrogen and oxygen atoms in total. The monoisotopic (exact) mass is 631 g/mol. The molecule has 1 N–H and O–H groups in total. The SMILES string of the molecule is Cc1cc(CO[Si](c2ccccc2)(c2ccccc2)C(C)(C)C)cc(C(C)C)c1-n1c(=O)[nH]c(=O)c2cc(Cl)c(Cl)nc21. The van der Waals surface area contributed by atoms with Crippen molar-refractivity contribution in [2.24, 2.45) is 0 Å². The lowest BCUT2D eigenvalue weighted by molar-refractivity contribution is 0.286. The van der Waals surface area contributed by atoms with Gasteiger partial charge in [-0.25, -0.2) is 14.3 Å². The highest BCUT2D eigenvalue weighted by Gasteiger charge is 2.50. The molecule has 43 heavy (non-hydrogen) atoms. The van der Waals surface area contributed by atoms with Crippen molar-refractivity contribution in [1.29, 1.82) is 0 Å². The lowest BCUT2D eigenvalue weighted by atomic mass is 9.95. The third kappa shape index (κ3) is 5.63. The minimum Gasteiger partial charge on any atom is -0.403 e. The van der Waals surface area contributed by atoms with Gasteiger partial charge in [-0.15, -0.1) is 0 Å². The summed E-state index contributed by atoms with van der Waals surface area (Å²) in [4.78, 5) is 32.8. The van der Waals surface area contributed by atoms with E-state index in [1.165, 1.54) is 21.0 Å². The lowest BCUT2D eigenvalue weighted by Gasteiger charge is -2.43. The van der Waals surface area contributed by atoms with Crippen molar-refractivity contribution in [2.75, 3.05) is 0 Å². The number of halogens is 2. The van der Waals surface area contributed by atoms with E-state index < -0.39 is 19.6 Å². The van der Waals surface area contributed by atoms with E-state index in [1.54, 1.807) is 0 Å². The third-order valence-electron chi connectivity index (χ3n) is 7.90. The number of aryl methyl sites for hydroxylation is 1. The Morgan fingerprint density at radius 1 is 0.930 bits per heavy atom. The van der Waals surface area contributed by atoms with E-state index in [0.29, 0.717) is 12.3 Å². The smallest absolute Gasteiger partial charge is 0.334 e. The van der Waals surface area contributed by atoms with Gasteiger partial charge in [-0.2, -0.15) is 0 Å². The number of H-pyrrole nitrogens is 1. The number of benzene rings is 3. The first kappa shape index (κ1) is 30.9. The largest absolute Gasteiger partial charge is 0.403 e. The van der Waals surface area contributed by atoms with Gasteiger partial charge < -0.3 is 4.43 Å². The molecule has 0 radical (unpaired) electrons. The molecule has 2 heterocycles. The van der Waals surface area contributed by atoms with Crippen molar-refractivity contribution < 1.29 is 4.43 Å². The van der Waals surface area contributed by atoms with Gasteiger partial charge in [0.15, 0.2) is 5.65 Å². The number of aromatic amines is 1. The van der Waals surface area contributed by atoms with Gasteiger partial charge in [-0.1, -0.05) is 131 Å². The standard InChI is InChI=1S/C34H35Cl2N3O3Si/c1-21(2)26-18-23(17-22(3)29(26)39-31-27(32(40)38-33(39)41)19-28(35)30(36)37-31)20-42-43(34(4,5)6,24-13-9-7-10-14-24)25-15-11-8-12-16-25/h7-19,21H,20H2,1-6H3,(H,38,40,41). The Balaban J connectivity index is 1.68. The molecule has 5 rings (SSSR count). The zero-order chi connectivity index (χ0) is 31.1. The molecule has 222 valence electrons. The second-order valence-electron chi connectivity index (χ2n) is 12.2. The van der Waals surface area contributed by atoms with E-state index >= 15 is 0 Å². The van der Waals surface area contributed by atoms with E-state index in [4.69, 9.17) is 27.6 Å². The molecular weight excluding hydrogens is 597 g/mol. The van der Waals surface area contributed by atoms with E-state index in [0.717, 1.165) is 16.7 Å². The van der Waals surface area contributed by atoms with Gasteiger partial charge in [0, 0.05) is 0 Å². The number of hydrogen-bond acceptors (Lipinski definition) is 4. The Kier molecular flexibility index (Phi) is 8.56. The number of fused-ring (bicyclic) bond motifs is 1. The summed E-state index contributed by atoms with van der Waals surface area (Å²) in [6.45, 7) is 13.2. The van der Waals surface area contributed by atoms with Crippen molar-refractivity contribution in [2.45, 2.75) is 59.1 Å². The zero-order valence-corrected chi connectivity index (χ0v) is 27.7. The Morgan fingerprint density at radius 2 is 1.51 bits per heavy atom. The van der Waals surface area contributed by atoms with Crippen LogP contribution in [0, 0.1) is 6.92 Å². The number of rotatable bonds is 7. The van der Waals surface area contributed by atoms with E-state index in [-0.39, 0.29) is 32.2 Å².